The molecule has 4 aromatic rings. The molecule has 0 saturated heterocycles. The molecule has 0 bridgehead atoms. The van der Waals surface area contributed by atoms with Gasteiger partial charge < -0.3 is 23.6 Å². The summed E-state index contributed by atoms with van der Waals surface area (Å²) in [7, 11) is -2.61. The summed E-state index contributed by atoms with van der Waals surface area (Å²) in [6.07, 6.45) is 1.52. The Morgan fingerprint density at radius 3 is 2.36 bits per heavy atom. The maximum atomic E-state index is 13.2. The van der Waals surface area contributed by atoms with E-state index in [1.807, 2.05) is 0 Å². The van der Waals surface area contributed by atoms with Crippen LogP contribution in [-0.2, 0) is 23.2 Å². The van der Waals surface area contributed by atoms with E-state index in [1.54, 1.807) is 55.6 Å². The number of hydrogen-bond acceptors (Lipinski definition) is 6. The molecule has 1 N–H and O–H groups in total. The highest BCUT2D eigenvalue weighted by Gasteiger charge is 2.19. The van der Waals surface area contributed by atoms with Crippen molar-refractivity contribution in [3.05, 3.63) is 108 Å². The first-order valence-electron chi connectivity index (χ1n) is 10.8. The number of halogens is 1. The van der Waals surface area contributed by atoms with E-state index in [0.29, 0.717) is 22.8 Å². The van der Waals surface area contributed by atoms with E-state index >= 15 is 0 Å². The third kappa shape index (κ3) is 6.42. The number of methoxy groups -OCH3 is 1. The van der Waals surface area contributed by atoms with Gasteiger partial charge in [0, 0.05) is 12.2 Å². The van der Waals surface area contributed by atoms with Gasteiger partial charge in [-0.3, -0.25) is 0 Å². The molecule has 3 aromatic carbocycles. The molecular weight excluding hydrogens is 487 g/mol. The SMILES string of the molecule is COc1ccc(NC(=O)N(Cc2cccc(OS(=O)(=O)c3ccc(F)cc3)c2)Cc2ccco2)cc1. The Morgan fingerprint density at radius 2 is 1.69 bits per heavy atom. The van der Waals surface area contributed by atoms with Crippen LogP contribution in [0.25, 0.3) is 0 Å². The summed E-state index contributed by atoms with van der Waals surface area (Å²) in [5.74, 6) is 0.741. The number of benzene rings is 3. The molecule has 0 atom stereocenters. The van der Waals surface area contributed by atoms with Gasteiger partial charge in [0.2, 0.25) is 0 Å². The van der Waals surface area contributed by atoms with Crippen molar-refractivity contribution in [3.63, 3.8) is 0 Å². The van der Waals surface area contributed by atoms with Crippen LogP contribution in [0.2, 0.25) is 0 Å². The van der Waals surface area contributed by atoms with Crippen molar-refractivity contribution < 1.29 is 30.9 Å². The van der Waals surface area contributed by atoms with E-state index in [4.69, 9.17) is 13.3 Å². The van der Waals surface area contributed by atoms with Crippen molar-refractivity contribution >= 4 is 21.8 Å². The minimum absolute atomic E-state index is 0.0605. The zero-order chi connectivity index (χ0) is 25.5. The van der Waals surface area contributed by atoms with E-state index in [9.17, 15) is 17.6 Å². The summed E-state index contributed by atoms with van der Waals surface area (Å²) in [4.78, 5) is 14.4. The fraction of sp³-hybridized carbons (Fsp3) is 0.115. The molecule has 0 unspecified atom stereocenters. The fourth-order valence-corrected chi connectivity index (χ4v) is 4.28. The number of carbonyl (C=O) groups is 1. The standard InChI is InChI=1S/C26H23FN2O6S/c1-33-22-11-9-21(10-12-22)28-26(30)29(18-24-6-3-15-34-24)17-19-4-2-5-23(16-19)35-36(31,32)25-13-7-20(27)8-14-25/h2-16H,17-18H2,1H3,(H,28,30). The van der Waals surface area contributed by atoms with Gasteiger partial charge in [-0.1, -0.05) is 12.1 Å². The zero-order valence-electron chi connectivity index (χ0n) is 19.3. The van der Waals surface area contributed by atoms with Crippen LogP contribution in [0.1, 0.15) is 11.3 Å². The number of furan rings is 1. The van der Waals surface area contributed by atoms with Crippen molar-refractivity contribution in [2.75, 3.05) is 12.4 Å². The summed E-state index contributed by atoms with van der Waals surface area (Å²) in [5, 5.41) is 2.84. The number of amides is 2. The molecule has 1 aromatic heterocycles. The van der Waals surface area contributed by atoms with Crippen molar-refractivity contribution in [2.24, 2.45) is 0 Å². The number of carbonyl (C=O) groups excluding carboxylic acids is 1. The second-order valence-corrected chi connectivity index (χ2v) is 9.28. The molecule has 186 valence electrons. The van der Waals surface area contributed by atoms with E-state index in [2.05, 4.69) is 5.32 Å². The smallest absolute Gasteiger partial charge is 0.339 e. The fourth-order valence-electron chi connectivity index (χ4n) is 3.36. The average Bonchev–Trinajstić information content (AvgIpc) is 3.37. The Kier molecular flexibility index (Phi) is 7.55. The highest BCUT2D eigenvalue weighted by molar-refractivity contribution is 7.87. The van der Waals surface area contributed by atoms with Gasteiger partial charge in [0.25, 0.3) is 0 Å². The minimum atomic E-state index is -4.16. The number of hydrogen-bond donors (Lipinski definition) is 1. The minimum Gasteiger partial charge on any atom is -0.497 e. The lowest BCUT2D eigenvalue weighted by atomic mass is 10.2. The van der Waals surface area contributed by atoms with Crippen LogP contribution in [0, 0.1) is 5.82 Å². The molecule has 2 amide bonds. The molecule has 0 radical (unpaired) electrons. The normalized spacial score (nSPS) is 11.1. The molecule has 0 aliphatic heterocycles. The first-order valence-corrected chi connectivity index (χ1v) is 12.2. The summed E-state index contributed by atoms with van der Waals surface area (Å²) in [6, 6.07) is 20.7. The zero-order valence-corrected chi connectivity index (χ0v) is 20.1. The number of rotatable bonds is 9. The highest BCUT2D eigenvalue weighted by atomic mass is 32.2. The largest absolute Gasteiger partial charge is 0.497 e. The molecule has 8 nitrogen and oxygen atoms in total. The van der Waals surface area contributed by atoms with Gasteiger partial charge in [-0.05, 0) is 78.4 Å². The topological polar surface area (TPSA) is 98.1 Å². The van der Waals surface area contributed by atoms with Gasteiger partial charge in [-0.25, -0.2) is 9.18 Å². The molecule has 1 heterocycles. The summed E-state index contributed by atoms with van der Waals surface area (Å²) in [5.41, 5.74) is 1.20. The lowest BCUT2D eigenvalue weighted by Gasteiger charge is -2.22. The van der Waals surface area contributed by atoms with Crippen molar-refractivity contribution in [3.8, 4) is 11.5 Å². The van der Waals surface area contributed by atoms with Crippen molar-refractivity contribution in [2.45, 2.75) is 18.0 Å². The van der Waals surface area contributed by atoms with Crippen LogP contribution >= 0.6 is 0 Å². The number of urea groups is 1. The Balaban J connectivity index is 1.51. The number of nitrogens with one attached hydrogen (secondary N) is 1. The van der Waals surface area contributed by atoms with Crippen molar-refractivity contribution in [1.29, 1.82) is 0 Å². The third-order valence-corrected chi connectivity index (χ3v) is 6.40. The molecule has 0 aliphatic carbocycles. The highest BCUT2D eigenvalue weighted by Crippen LogP contribution is 2.22. The van der Waals surface area contributed by atoms with Crippen LogP contribution < -0.4 is 14.2 Å². The number of nitrogens with zero attached hydrogens (tertiary/aromatic N) is 1. The maximum absolute atomic E-state index is 13.2. The molecule has 0 saturated carbocycles. The van der Waals surface area contributed by atoms with Crippen LogP contribution in [0.15, 0.2) is 101 Å². The molecule has 0 aliphatic rings. The summed E-state index contributed by atoms with van der Waals surface area (Å²) in [6.45, 7) is 0.310. The average molecular weight is 511 g/mol. The lowest BCUT2D eigenvalue weighted by molar-refractivity contribution is 0.201. The second kappa shape index (κ2) is 11.0. The Hall–Kier alpha value is -4.31. The van der Waals surface area contributed by atoms with E-state index in [-0.39, 0.29) is 29.8 Å². The van der Waals surface area contributed by atoms with Gasteiger partial charge in [0.1, 0.15) is 28.0 Å². The summed E-state index contributed by atoms with van der Waals surface area (Å²) >= 11 is 0. The molecule has 36 heavy (non-hydrogen) atoms. The van der Waals surface area contributed by atoms with Gasteiger partial charge >= 0.3 is 16.1 Å². The van der Waals surface area contributed by atoms with Gasteiger partial charge in [0.15, 0.2) is 0 Å². The molecule has 10 heteroatoms. The van der Waals surface area contributed by atoms with E-state index in [0.717, 1.165) is 24.3 Å². The van der Waals surface area contributed by atoms with Gasteiger partial charge in [0.05, 0.1) is 19.9 Å². The Bertz CT molecular complexity index is 1410. The third-order valence-electron chi connectivity index (χ3n) is 5.14. The van der Waals surface area contributed by atoms with E-state index in [1.165, 1.54) is 23.3 Å². The van der Waals surface area contributed by atoms with Crippen LogP contribution in [0.4, 0.5) is 14.9 Å². The Morgan fingerprint density at radius 1 is 0.944 bits per heavy atom. The molecular formula is C26H23FN2O6S. The van der Waals surface area contributed by atoms with Crippen LogP contribution in [0.5, 0.6) is 11.5 Å². The maximum Gasteiger partial charge on any atom is 0.339 e. The summed E-state index contributed by atoms with van der Waals surface area (Å²) < 4.78 is 54.1. The van der Waals surface area contributed by atoms with Gasteiger partial charge in [-0.15, -0.1) is 0 Å². The second-order valence-electron chi connectivity index (χ2n) is 7.73. The molecule has 4 rings (SSSR count). The lowest BCUT2D eigenvalue weighted by Crippen LogP contribution is -2.34. The predicted octanol–water partition coefficient (Wildman–Crippen LogP) is 5.43. The first kappa shape index (κ1) is 24.8. The number of ether oxygens (including phenoxy) is 1. The first-order chi connectivity index (χ1) is 17.3. The van der Waals surface area contributed by atoms with Crippen LogP contribution in [-0.4, -0.2) is 26.5 Å². The van der Waals surface area contributed by atoms with Crippen molar-refractivity contribution in [1.82, 2.24) is 4.90 Å². The number of anilines is 1. The molecule has 0 spiro atoms. The quantitative estimate of drug-likeness (QED) is 0.302. The Labute approximate surface area is 208 Å². The van der Waals surface area contributed by atoms with Gasteiger partial charge in [-0.2, -0.15) is 8.42 Å². The van der Waals surface area contributed by atoms with E-state index < -0.39 is 15.9 Å². The predicted molar refractivity (Wildman–Crippen MR) is 131 cm³/mol. The monoisotopic (exact) mass is 510 g/mol. The van der Waals surface area contributed by atoms with Crippen LogP contribution in [0.3, 0.4) is 0 Å². The molecule has 0 fully saturated rings.